The van der Waals surface area contributed by atoms with Gasteiger partial charge in [0.25, 0.3) is 0 Å². The molecule has 0 aromatic carbocycles. The highest BCUT2D eigenvalue weighted by molar-refractivity contribution is 6.03. The topological polar surface area (TPSA) is 87.7 Å². The Bertz CT molecular complexity index is 369. The molecule has 0 aliphatic carbocycles. The van der Waals surface area contributed by atoms with E-state index in [2.05, 4.69) is 26.0 Å². The summed E-state index contributed by atoms with van der Waals surface area (Å²) in [5.41, 5.74) is 12.4. The molecule has 6 heteroatoms. The Labute approximate surface area is 74.5 Å². The van der Waals surface area contributed by atoms with Gasteiger partial charge in [0.05, 0.1) is 11.9 Å². The van der Waals surface area contributed by atoms with Crippen molar-refractivity contribution in [3.63, 3.8) is 0 Å². The highest BCUT2D eigenvalue weighted by Gasteiger charge is 2.07. The molecule has 0 bridgehead atoms. The summed E-state index contributed by atoms with van der Waals surface area (Å²) in [6, 6.07) is 1.77. The Kier molecular flexibility index (Phi) is 1.79. The molecule has 1 aliphatic heterocycles. The summed E-state index contributed by atoms with van der Waals surface area (Å²) in [7, 11) is 0. The van der Waals surface area contributed by atoms with Crippen LogP contribution >= 0.6 is 0 Å². The van der Waals surface area contributed by atoms with Crippen LogP contribution in [-0.2, 0) is 0 Å². The molecule has 0 amide bonds. The van der Waals surface area contributed by atoms with Gasteiger partial charge in [0, 0.05) is 11.8 Å². The van der Waals surface area contributed by atoms with E-state index in [9.17, 15) is 0 Å². The summed E-state index contributed by atoms with van der Waals surface area (Å²) in [6.07, 6.45) is 4.66. The van der Waals surface area contributed by atoms with Gasteiger partial charge in [0.15, 0.2) is 5.84 Å². The van der Waals surface area contributed by atoms with E-state index < -0.39 is 0 Å². The molecule has 1 aromatic heterocycles. The van der Waals surface area contributed by atoms with Crippen LogP contribution in [0.15, 0.2) is 28.7 Å². The minimum absolute atomic E-state index is 0.563. The molecule has 0 saturated heterocycles. The van der Waals surface area contributed by atoms with Crippen molar-refractivity contribution in [3.8, 4) is 0 Å². The fourth-order valence-electron chi connectivity index (χ4n) is 0.983. The molecule has 4 N–H and O–H groups in total. The molecule has 6 nitrogen and oxygen atoms in total. The molecule has 2 rings (SSSR count). The van der Waals surface area contributed by atoms with Crippen LogP contribution < -0.4 is 16.6 Å². The van der Waals surface area contributed by atoms with Gasteiger partial charge in [0.2, 0.25) is 0 Å². The minimum Gasteiger partial charge on any atom is -0.397 e. The number of pyridine rings is 1. The summed E-state index contributed by atoms with van der Waals surface area (Å²) < 4.78 is 0. The van der Waals surface area contributed by atoms with E-state index in [1.54, 1.807) is 18.5 Å². The molecule has 0 unspecified atom stereocenters. The van der Waals surface area contributed by atoms with E-state index in [4.69, 9.17) is 5.73 Å². The number of amidine groups is 1. The Morgan fingerprint density at radius 3 is 3.00 bits per heavy atom. The number of aromatic nitrogens is 1. The zero-order valence-corrected chi connectivity index (χ0v) is 6.73. The maximum absolute atomic E-state index is 5.69. The lowest BCUT2D eigenvalue weighted by Crippen LogP contribution is -2.28. The lowest BCUT2D eigenvalue weighted by molar-refractivity contribution is 0.905. The second-order valence-corrected chi connectivity index (χ2v) is 2.42. The maximum atomic E-state index is 5.69. The van der Waals surface area contributed by atoms with Gasteiger partial charge in [-0.25, -0.2) is 0 Å². The highest BCUT2D eigenvalue weighted by Crippen LogP contribution is 2.08. The Morgan fingerprint density at radius 1 is 1.38 bits per heavy atom. The summed E-state index contributed by atoms with van der Waals surface area (Å²) in [5, 5.41) is 7.74. The largest absolute Gasteiger partial charge is 0.397 e. The van der Waals surface area contributed by atoms with E-state index in [1.165, 1.54) is 6.34 Å². The molecular weight excluding hydrogens is 168 g/mol. The van der Waals surface area contributed by atoms with Crippen LogP contribution in [0.2, 0.25) is 0 Å². The molecule has 0 saturated carbocycles. The summed E-state index contributed by atoms with van der Waals surface area (Å²) >= 11 is 0. The summed E-state index contributed by atoms with van der Waals surface area (Å²) in [6.45, 7) is 0. The molecular formula is C7H8N6. The molecule has 0 fully saturated rings. The van der Waals surface area contributed by atoms with Gasteiger partial charge in [-0.15, -0.1) is 0 Å². The molecule has 0 radical (unpaired) electrons. The number of nitrogens with two attached hydrogens (primary N) is 1. The second kappa shape index (κ2) is 3.10. The average Bonchev–Trinajstić information content (AvgIpc) is 2.20. The first kappa shape index (κ1) is 7.53. The van der Waals surface area contributed by atoms with Crippen LogP contribution in [0.4, 0.5) is 5.69 Å². The molecule has 13 heavy (non-hydrogen) atoms. The van der Waals surface area contributed by atoms with Crippen molar-refractivity contribution < 1.29 is 0 Å². The van der Waals surface area contributed by atoms with E-state index in [1.807, 2.05) is 0 Å². The molecule has 2 heterocycles. The van der Waals surface area contributed by atoms with Crippen molar-refractivity contribution in [2.45, 2.75) is 0 Å². The van der Waals surface area contributed by atoms with Gasteiger partial charge in [0.1, 0.15) is 6.34 Å². The number of nitrogen functional groups attached to an aromatic ring is 1. The Balaban J connectivity index is 2.35. The number of anilines is 1. The third-order valence-corrected chi connectivity index (χ3v) is 1.58. The highest BCUT2D eigenvalue weighted by atomic mass is 15.5. The number of nitrogens with one attached hydrogen (secondary N) is 2. The third-order valence-electron chi connectivity index (χ3n) is 1.58. The van der Waals surface area contributed by atoms with Crippen LogP contribution in [-0.4, -0.2) is 17.2 Å². The van der Waals surface area contributed by atoms with Crippen molar-refractivity contribution in [1.82, 2.24) is 15.8 Å². The number of hydrogen-bond acceptors (Lipinski definition) is 6. The summed E-state index contributed by atoms with van der Waals surface area (Å²) in [4.78, 5) is 3.87. The van der Waals surface area contributed by atoms with Crippen LogP contribution in [0.1, 0.15) is 5.56 Å². The smallest absolute Gasteiger partial charge is 0.176 e. The first-order valence-corrected chi connectivity index (χ1v) is 3.68. The van der Waals surface area contributed by atoms with Gasteiger partial charge >= 0.3 is 0 Å². The van der Waals surface area contributed by atoms with E-state index in [0.717, 1.165) is 5.56 Å². The molecule has 66 valence electrons. The number of nitrogens with zero attached hydrogens (tertiary/aromatic N) is 3. The fourth-order valence-corrected chi connectivity index (χ4v) is 0.983. The maximum Gasteiger partial charge on any atom is 0.176 e. The summed E-state index contributed by atoms with van der Waals surface area (Å²) in [5.74, 6) is 0.586. The van der Waals surface area contributed by atoms with E-state index >= 15 is 0 Å². The van der Waals surface area contributed by atoms with Crippen molar-refractivity contribution in [2.75, 3.05) is 5.73 Å². The van der Waals surface area contributed by atoms with Gasteiger partial charge in [-0.05, 0) is 6.07 Å². The van der Waals surface area contributed by atoms with Crippen molar-refractivity contribution in [1.29, 1.82) is 0 Å². The van der Waals surface area contributed by atoms with Crippen molar-refractivity contribution in [3.05, 3.63) is 24.0 Å². The predicted molar refractivity (Wildman–Crippen MR) is 49.9 cm³/mol. The minimum atomic E-state index is 0.563. The van der Waals surface area contributed by atoms with Crippen LogP contribution in [0.5, 0.6) is 0 Å². The average molecular weight is 176 g/mol. The third kappa shape index (κ3) is 1.41. The SMILES string of the molecule is Nc1cnccc1C1=NNC=NN1. The van der Waals surface area contributed by atoms with Gasteiger partial charge in [-0.1, -0.05) is 0 Å². The van der Waals surface area contributed by atoms with E-state index in [-0.39, 0.29) is 0 Å². The Hall–Kier alpha value is -2.11. The van der Waals surface area contributed by atoms with E-state index in [0.29, 0.717) is 11.5 Å². The van der Waals surface area contributed by atoms with Crippen LogP contribution in [0, 0.1) is 0 Å². The molecule has 0 spiro atoms. The van der Waals surface area contributed by atoms with Crippen LogP contribution in [0.25, 0.3) is 0 Å². The monoisotopic (exact) mass is 176 g/mol. The molecule has 0 atom stereocenters. The first-order valence-electron chi connectivity index (χ1n) is 3.68. The van der Waals surface area contributed by atoms with Crippen molar-refractivity contribution >= 4 is 17.9 Å². The molecule has 1 aromatic rings. The van der Waals surface area contributed by atoms with Gasteiger partial charge in [-0.2, -0.15) is 10.2 Å². The lowest BCUT2D eigenvalue weighted by Gasteiger charge is -2.10. The van der Waals surface area contributed by atoms with Crippen molar-refractivity contribution in [2.24, 2.45) is 10.2 Å². The predicted octanol–water partition coefficient (Wildman–Crippen LogP) is -0.538. The number of hydrazone groups is 2. The number of rotatable bonds is 1. The molecule has 1 aliphatic rings. The standard InChI is InChI=1S/C7H8N6/c8-6-3-9-2-1-5(6)7-12-10-4-11-13-7/h1-4H,8H2,(H,10,11)(H,12,13). The zero-order valence-electron chi connectivity index (χ0n) is 6.73. The normalized spacial score (nSPS) is 14.3. The van der Waals surface area contributed by atoms with Crippen LogP contribution in [0.3, 0.4) is 0 Å². The number of hydrogen-bond donors (Lipinski definition) is 3. The lowest BCUT2D eigenvalue weighted by atomic mass is 10.2. The zero-order chi connectivity index (χ0) is 9.10. The Morgan fingerprint density at radius 2 is 2.31 bits per heavy atom. The second-order valence-electron chi connectivity index (χ2n) is 2.42. The first-order chi connectivity index (χ1) is 6.38. The fraction of sp³-hybridized carbons (Fsp3) is 0. The van der Waals surface area contributed by atoms with Gasteiger partial charge < -0.3 is 5.73 Å². The van der Waals surface area contributed by atoms with Gasteiger partial charge in [-0.3, -0.25) is 15.8 Å². The quantitative estimate of drug-likeness (QED) is 0.536.